The van der Waals surface area contributed by atoms with E-state index in [0.29, 0.717) is 50.1 Å². The van der Waals surface area contributed by atoms with Crippen LogP contribution in [-0.4, -0.2) is 26.1 Å². The van der Waals surface area contributed by atoms with E-state index in [1.54, 1.807) is 10.6 Å². The second-order valence-electron chi connectivity index (χ2n) is 8.86. The molecular formula is C30H24N4O3S2. The standard InChI is InChI=1S/C30H24N4O3S2/c1-3-37-24-16-10-9-15-23(24)34-29(36)20-13-7-8-14-22(20)31-30(34)39-18(2)26-32-27(35)25-21(17-38-28(25)33-26)19-11-5-4-6-12-19/h4-18H,3H2,1-2H3,(H,32,33,35)/t18-/m0/s1. The van der Waals surface area contributed by atoms with Gasteiger partial charge in [0.25, 0.3) is 11.1 Å². The van der Waals surface area contributed by atoms with Gasteiger partial charge in [-0.15, -0.1) is 11.3 Å². The van der Waals surface area contributed by atoms with Crippen LogP contribution in [0.3, 0.4) is 0 Å². The molecule has 0 unspecified atom stereocenters. The molecule has 0 aliphatic rings. The molecule has 3 aromatic heterocycles. The summed E-state index contributed by atoms with van der Waals surface area (Å²) in [6.07, 6.45) is 0. The van der Waals surface area contributed by atoms with Crippen LogP contribution in [0.2, 0.25) is 0 Å². The van der Waals surface area contributed by atoms with Gasteiger partial charge in [-0.05, 0) is 43.7 Å². The Morgan fingerprint density at radius 2 is 1.72 bits per heavy atom. The Kier molecular flexibility index (Phi) is 6.76. The lowest BCUT2D eigenvalue weighted by atomic mass is 10.1. The fourth-order valence-electron chi connectivity index (χ4n) is 4.53. The zero-order valence-electron chi connectivity index (χ0n) is 21.3. The maximum Gasteiger partial charge on any atom is 0.266 e. The van der Waals surface area contributed by atoms with Gasteiger partial charge in [-0.1, -0.05) is 66.4 Å². The number of hydrogen-bond acceptors (Lipinski definition) is 7. The van der Waals surface area contributed by atoms with Crippen molar-refractivity contribution in [2.75, 3.05) is 6.61 Å². The molecule has 0 saturated carbocycles. The minimum atomic E-state index is -0.303. The van der Waals surface area contributed by atoms with E-state index < -0.39 is 0 Å². The smallest absolute Gasteiger partial charge is 0.266 e. The topological polar surface area (TPSA) is 89.9 Å². The first kappa shape index (κ1) is 25.1. The first-order valence-corrected chi connectivity index (χ1v) is 14.3. The summed E-state index contributed by atoms with van der Waals surface area (Å²) in [5.74, 6) is 1.11. The third-order valence-electron chi connectivity index (χ3n) is 6.37. The van der Waals surface area contributed by atoms with Crippen LogP contribution in [0.1, 0.15) is 24.9 Å². The van der Waals surface area contributed by atoms with E-state index in [1.807, 2.05) is 92.0 Å². The molecule has 0 fully saturated rings. The predicted molar refractivity (Wildman–Crippen MR) is 158 cm³/mol. The van der Waals surface area contributed by atoms with Crippen LogP contribution in [0.15, 0.2) is 99.0 Å². The van der Waals surface area contributed by atoms with Gasteiger partial charge in [0.05, 0.1) is 33.8 Å². The van der Waals surface area contributed by atoms with Crippen LogP contribution in [0.4, 0.5) is 0 Å². The van der Waals surface area contributed by atoms with E-state index in [0.717, 1.165) is 11.1 Å². The minimum Gasteiger partial charge on any atom is -0.492 e. The van der Waals surface area contributed by atoms with Crippen LogP contribution >= 0.6 is 23.1 Å². The number of benzene rings is 3. The molecule has 0 aliphatic carbocycles. The largest absolute Gasteiger partial charge is 0.492 e. The van der Waals surface area contributed by atoms with Crippen molar-refractivity contribution in [1.82, 2.24) is 19.5 Å². The second kappa shape index (κ2) is 10.5. The third-order valence-corrected chi connectivity index (χ3v) is 8.30. The molecule has 0 aliphatic heterocycles. The molecule has 6 aromatic rings. The molecule has 7 nitrogen and oxygen atoms in total. The number of fused-ring (bicyclic) bond motifs is 2. The molecule has 0 spiro atoms. The summed E-state index contributed by atoms with van der Waals surface area (Å²) >= 11 is 2.81. The number of thiophene rings is 1. The molecule has 3 heterocycles. The van der Waals surface area contributed by atoms with Gasteiger partial charge in [0, 0.05) is 10.9 Å². The van der Waals surface area contributed by atoms with Gasteiger partial charge in [-0.3, -0.25) is 14.2 Å². The average Bonchev–Trinajstić information content (AvgIpc) is 3.39. The lowest BCUT2D eigenvalue weighted by Gasteiger charge is -2.18. The molecule has 1 N–H and O–H groups in total. The highest BCUT2D eigenvalue weighted by Gasteiger charge is 2.22. The molecule has 1 atom stereocenters. The van der Waals surface area contributed by atoms with Gasteiger partial charge in [0.1, 0.15) is 16.4 Å². The Balaban J connectivity index is 1.45. The summed E-state index contributed by atoms with van der Waals surface area (Å²) in [5, 5.41) is 3.25. The van der Waals surface area contributed by atoms with E-state index in [9.17, 15) is 9.59 Å². The van der Waals surface area contributed by atoms with Crippen molar-refractivity contribution < 1.29 is 4.74 Å². The first-order valence-electron chi connectivity index (χ1n) is 12.5. The Hall–Kier alpha value is -4.21. The number of nitrogens with one attached hydrogen (secondary N) is 1. The van der Waals surface area contributed by atoms with E-state index >= 15 is 0 Å². The lowest BCUT2D eigenvalue weighted by molar-refractivity contribution is 0.338. The highest BCUT2D eigenvalue weighted by Crippen LogP contribution is 2.36. The fourth-order valence-corrected chi connectivity index (χ4v) is 6.46. The number of aromatic nitrogens is 4. The van der Waals surface area contributed by atoms with Gasteiger partial charge in [0.15, 0.2) is 5.16 Å². The van der Waals surface area contributed by atoms with E-state index in [2.05, 4.69) is 4.98 Å². The zero-order chi connectivity index (χ0) is 26.9. The number of rotatable bonds is 7. The van der Waals surface area contributed by atoms with Crippen LogP contribution in [0.25, 0.3) is 37.9 Å². The number of thioether (sulfide) groups is 1. The summed E-state index contributed by atoms with van der Waals surface area (Å²) in [6.45, 7) is 4.31. The third kappa shape index (κ3) is 4.64. The maximum absolute atomic E-state index is 13.8. The summed E-state index contributed by atoms with van der Waals surface area (Å²) < 4.78 is 7.44. The normalized spacial score (nSPS) is 12.2. The van der Waals surface area contributed by atoms with Crippen LogP contribution < -0.4 is 15.9 Å². The molecule has 3 aromatic carbocycles. The van der Waals surface area contributed by atoms with Crippen molar-refractivity contribution in [2.45, 2.75) is 24.3 Å². The summed E-state index contributed by atoms with van der Waals surface area (Å²) in [5.41, 5.74) is 2.68. The van der Waals surface area contributed by atoms with Gasteiger partial charge in [-0.25, -0.2) is 9.97 Å². The second-order valence-corrected chi connectivity index (χ2v) is 11.0. The van der Waals surface area contributed by atoms with Gasteiger partial charge >= 0.3 is 0 Å². The molecule has 0 amide bonds. The van der Waals surface area contributed by atoms with Crippen molar-refractivity contribution in [3.8, 4) is 22.6 Å². The van der Waals surface area contributed by atoms with Crippen molar-refractivity contribution >= 4 is 44.2 Å². The van der Waals surface area contributed by atoms with Crippen molar-refractivity contribution in [3.63, 3.8) is 0 Å². The number of hydrogen-bond donors (Lipinski definition) is 1. The van der Waals surface area contributed by atoms with Crippen LogP contribution in [0.5, 0.6) is 5.75 Å². The summed E-state index contributed by atoms with van der Waals surface area (Å²) in [6, 6.07) is 24.5. The number of H-pyrrole nitrogens is 1. The number of para-hydroxylation sites is 3. The van der Waals surface area contributed by atoms with Crippen molar-refractivity contribution in [3.05, 3.63) is 111 Å². The van der Waals surface area contributed by atoms with E-state index in [-0.39, 0.29) is 16.4 Å². The van der Waals surface area contributed by atoms with Crippen LogP contribution in [-0.2, 0) is 0 Å². The maximum atomic E-state index is 13.8. The number of aromatic amines is 1. The highest BCUT2D eigenvalue weighted by atomic mass is 32.2. The van der Waals surface area contributed by atoms with Gasteiger partial charge < -0.3 is 9.72 Å². The Morgan fingerprint density at radius 1 is 0.974 bits per heavy atom. The monoisotopic (exact) mass is 552 g/mol. The Labute approximate surface area is 232 Å². The molecule has 0 bridgehead atoms. The molecule has 9 heteroatoms. The molecule has 0 saturated heterocycles. The highest BCUT2D eigenvalue weighted by molar-refractivity contribution is 7.99. The average molecular weight is 553 g/mol. The van der Waals surface area contributed by atoms with E-state index in [4.69, 9.17) is 14.7 Å². The fraction of sp³-hybridized carbons (Fsp3) is 0.133. The first-order chi connectivity index (χ1) is 19.0. The molecule has 0 radical (unpaired) electrons. The quantitative estimate of drug-likeness (QED) is 0.177. The molecule has 39 heavy (non-hydrogen) atoms. The van der Waals surface area contributed by atoms with Crippen molar-refractivity contribution in [2.24, 2.45) is 0 Å². The zero-order valence-corrected chi connectivity index (χ0v) is 22.9. The lowest BCUT2D eigenvalue weighted by Crippen LogP contribution is -2.23. The molecule has 194 valence electrons. The number of ether oxygens (including phenoxy) is 1. The van der Waals surface area contributed by atoms with Crippen LogP contribution in [0, 0.1) is 0 Å². The molecule has 6 rings (SSSR count). The summed E-state index contributed by atoms with van der Waals surface area (Å²) in [4.78, 5) is 40.4. The Morgan fingerprint density at radius 3 is 2.54 bits per heavy atom. The van der Waals surface area contributed by atoms with Gasteiger partial charge in [-0.2, -0.15) is 0 Å². The summed E-state index contributed by atoms with van der Waals surface area (Å²) in [7, 11) is 0. The predicted octanol–water partition coefficient (Wildman–Crippen LogP) is 6.60. The van der Waals surface area contributed by atoms with Crippen molar-refractivity contribution in [1.29, 1.82) is 0 Å². The number of nitrogens with zero attached hydrogens (tertiary/aromatic N) is 3. The Bertz CT molecular complexity index is 1930. The SMILES string of the molecule is CCOc1ccccc1-n1c(S[C@@H](C)c2nc3scc(-c4ccccc4)c3c(=O)[nH]2)nc2ccccc2c1=O. The van der Waals surface area contributed by atoms with Gasteiger partial charge in [0.2, 0.25) is 0 Å². The minimum absolute atomic E-state index is 0.187. The molecular weight excluding hydrogens is 528 g/mol. The van der Waals surface area contributed by atoms with E-state index in [1.165, 1.54) is 23.1 Å².